The number of nitrogens with two attached hydrogens (primary N) is 1. The van der Waals surface area contributed by atoms with Gasteiger partial charge >= 0.3 is 0 Å². The molecule has 0 saturated heterocycles. The fourth-order valence-electron chi connectivity index (χ4n) is 0.880. The molecule has 72 valence electrons. The number of hydrogen-bond acceptors (Lipinski definition) is 3. The van der Waals surface area contributed by atoms with Crippen molar-refractivity contribution in [2.75, 3.05) is 6.61 Å². The smallest absolute Gasteiger partial charge is 0.141 e. The van der Waals surface area contributed by atoms with E-state index in [2.05, 4.69) is 12.1 Å². The van der Waals surface area contributed by atoms with Gasteiger partial charge in [0.15, 0.2) is 0 Å². The molecule has 0 radical (unpaired) electrons. The number of oxime groups is 1. The van der Waals surface area contributed by atoms with Crippen LogP contribution in [0.15, 0.2) is 5.16 Å². The predicted octanol–water partition coefficient (Wildman–Crippen LogP) is 1.33. The van der Waals surface area contributed by atoms with Gasteiger partial charge in [-0.15, -0.1) is 0 Å². The summed E-state index contributed by atoms with van der Waals surface area (Å²) < 4.78 is 5.44. The van der Waals surface area contributed by atoms with Gasteiger partial charge in [0.05, 0.1) is 6.10 Å². The van der Waals surface area contributed by atoms with Crippen molar-refractivity contribution in [2.24, 2.45) is 10.9 Å². The lowest BCUT2D eigenvalue weighted by Gasteiger charge is -2.14. The summed E-state index contributed by atoms with van der Waals surface area (Å²) in [5, 5.41) is 11.2. The molecule has 0 amide bonds. The topological polar surface area (TPSA) is 67.8 Å². The Labute approximate surface area is 73.4 Å². The first-order valence-corrected chi connectivity index (χ1v) is 4.32. The Morgan fingerprint density at radius 3 is 2.67 bits per heavy atom. The summed E-state index contributed by atoms with van der Waals surface area (Å²) in [4.78, 5) is 0. The van der Waals surface area contributed by atoms with E-state index in [0.29, 0.717) is 6.42 Å². The standard InChI is InChI=1S/C8H18N2O2/c1-3-5-12-7(4-2)6-8(9)10-11/h7,11H,3-6H2,1-2H3,(H2,9,10). The molecule has 0 bridgehead atoms. The van der Waals surface area contributed by atoms with E-state index in [9.17, 15) is 0 Å². The van der Waals surface area contributed by atoms with Crippen molar-refractivity contribution in [3.8, 4) is 0 Å². The zero-order chi connectivity index (χ0) is 9.40. The number of amidine groups is 1. The zero-order valence-corrected chi connectivity index (χ0v) is 7.79. The van der Waals surface area contributed by atoms with E-state index < -0.39 is 0 Å². The molecule has 4 nitrogen and oxygen atoms in total. The first-order valence-electron chi connectivity index (χ1n) is 4.32. The molecule has 0 fully saturated rings. The van der Waals surface area contributed by atoms with E-state index in [1.54, 1.807) is 0 Å². The first kappa shape index (κ1) is 11.2. The first-order chi connectivity index (χ1) is 5.74. The van der Waals surface area contributed by atoms with Crippen molar-refractivity contribution in [2.45, 2.75) is 39.2 Å². The quantitative estimate of drug-likeness (QED) is 0.276. The molecule has 0 saturated carbocycles. The average Bonchev–Trinajstić information content (AvgIpc) is 2.11. The van der Waals surface area contributed by atoms with Crippen molar-refractivity contribution in [3.63, 3.8) is 0 Å². The number of rotatable bonds is 6. The molecule has 0 aromatic rings. The largest absolute Gasteiger partial charge is 0.409 e. The van der Waals surface area contributed by atoms with Gasteiger partial charge in [-0.1, -0.05) is 19.0 Å². The van der Waals surface area contributed by atoms with Gasteiger partial charge in [0.1, 0.15) is 5.84 Å². The van der Waals surface area contributed by atoms with Gasteiger partial charge in [0.2, 0.25) is 0 Å². The van der Waals surface area contributed by atoms with Gasteiger partial charge < -0.3 is 15.7 Å². The van der Waals surface area contributed by atoms with E-state index >= 15 is 0 Å². The van der Waals surface area contributed by atoms with Crippen LogP contribution in [-0.4, -0.2) is 23.8 Å². The molecular weight excluding hydrogens is 156 g/mol. The van der Waals surface area contributed by atoms with E-state index in [-0.39, 0.29) is 11.9 Å². The van der Waals surface area contributed by atoms with Gasteiger partial charge in [-0.2, -0.15) is 0 Å². The number of nitrogens with zero attached hydrogens (tertiary/aromatic N) is 1. The summed E-state index contributed by atoms with van der Waals surface area (Å²) in [6.45, 7) is 4.80. The maximum absolute atomic E-state index is 8.31. The van der Waals surface area contributed by atoms with Crippen LogP contribution < -0.4 is 5.73 Å². The molecule has 3 N–H and O–H groups in total. The van der Waals surface area contributed by atoms with Crippen LogP contribution in [0.2, 0.25) is 0 Å². The molecule has 0 aromatic heterocycles. The van der Waals surface area contributed by atoms with Crippen LogP contribution in [0, 0.1) is 0 Å². The molecule has 0 aliphatic carbocycles. The molecule has 4 heteroatoms. The van der Waals surface area contributed by atoms with Crippen LogP contribution in [0.5, 0.6) is 0 Å². The molecule has 0 aliphatic heterocycles. The monoisotopic (exact) mass is 174 g/mol. The molecule has 12 heavy (non-hydrogen) atoms. The highest BCUT2D eigenvalue weighted by atomic mass is 16.5. The third-order valence-electron chi connectivity index (χ3n) is 1.58. The van der Waals surface area contributed by atoms with Gasteiger partial charge in [0, 0.05) is 13.0 Å². The summed E-state index contributed by atoms with van der Waals surface area (Å²) in [7, 11) is 0. The minimum Gasteiger partial charge on any atom is -0.409 e. The highest BCUT2D eigenvalue weighted by Crippen LogP contribution is 2.03. The van der Waals surface area contributed by atoms with E-state index in [4.69, 9.17) is 15.7 Å². The number of hydrogen-bond donors (Lipinski definition) is 2. The van der Waals surface area contributed by atoms with E-state index in [1.165, 1.54) is 0 Å². The highest BCUT2D eigenvalue weighted by molar-refractivity contribution is 5.80. The highest BCUT2D eigenvalue weighted by Gasteiger charge is 2.08. The third-order valence-corrected chi connectivity index (χ3v) is 1.58. The maximum atomic E-state index is 8.31. The zero-order valence-electron chi connectivity index (χ0n) is 7.79. The minimum atomic E-state index is 0.0841. The Morgan fingerprint density at radius 1 is 1.58 bits per heavy atom. The predicted molar refractivity (Wildman–Crippen MR) is 48.3 cm³/mol. The van der Waals surface area contributed by atoms with Crippen LogP contribution in [0.3, 0.4) is 0 Å². The Hall–Kier alpha value is -0.770. The van der Waals surface area contributed by atoms with Gasteiger partial charge in [-0.05, 0) is 12.8 Å². The van der Waals surface area contributed by atoms with Crippen molar-refractivity contribution in [3.05, 3.63) is 0 Å². The summed E-state index contributed by atoms with van der Waals surface area (Å²) in [6.07, 6.45) is 2.47. The van der Waals surface area contributed by atoms with Crippen molar-refractivity contribution < 1.29 is 9.94 Å². The molecule has 0 aromatic carbocycles. The third kappa shape index (κ3) is 4.96. The van der Waals surface area contributed by atoms with E-state index in [0.717, 1.165) is 19.4 Å². The lowest BCUT2D eigenvalue weighted by molar-refractivity contribution is 0.0555. The van der Waals surface area contributed by atoms with Gasteiger partial charge in [-0.25, -0.2) is 0 Å². The maximum Gasteiger partial charge on any atom is 0.141 e. The molecule has 0 aliphatic rings. The molecule has 0 rings (SSSR count). The lowest BCUT2D eigenvalue weighted by atomic mass is 10.2. The number of ether oxygens (including phenoxy) is 1. The molecule has 0 spiro atoms. The average molecular weight is 174 g/mol. The van der Waals surface area contributed by atoms with E-state index in [1.807, 2.05) is 6.92 Å². The Kier molecular flexibility index (Phi) is 6.47. The Balaban J connectivity index is 3.67. The minimum absolute atomic E-state index is 0.0841. The molecule has 1 unspecified atom stereocenters. The Bertz CT molecular complexity index is 137. The molecule has 0 heterocycles. The Morgan fingerprint density at radius 2 is 2.25 bits per heavy atom. The summed E-state index contributed by atoms with van der Waals surface area (Å²) in [5.41, 5.74) is 5.34. The molecule has 1 atom stereocenters. The van der Waals surface area contributed by atoms with Crippen molar-refractivity contribution >= 4 is 5.84 Å². The fraction of sp³-hybridized carbons (Fsp3) is 0.875. The summed E-state index contributed by atoms with van der Waals surface area (Å²) in [6, 6.07) is 0. The van der Waals surface area contributed by atoms with Crippen LogP contribution in [0.25, 0.3) is 0 Å². The van der Waals surface area contributed by atoms with Crippen molar-refractivity contribution in [1.82, 2.24) is 0 Å². The van der Waals surface area contributed by atoms with Crippen LogP contribution >= 0.6 is 0 Å². The van der Waals surface area contributed by atoms with Crippen LogP contribution in [0.4, 0.5) is 0 Å². The van der Waals surface area contributed by atoms with Gasteiger partial charge in [-0.3, -0.25) is 0 Å². The SMILES string of the molecule is CCCOC(CC)C/C(N)=N/O. The van der Waals surface area contributed by atoms with Crippen LogP contribution in [-0.2, 0) is 4.74 Å². The summed E-state index contributed by atoms with van der Waals surface area (Å²) >= 11 is 0. The lowest BCUT2D eigenvalue weighted by Crippen LogP contribution is -2.22. The fourth-order valence-corrected chi connectivity index (χ4v) is 0.880. The second kappa shape index (κ2) is 6.91. The van der Waals surface area contributed by atoms with Crippen LogP contribution in [0.1, 0.15) is 33.1 Å². The van der Waals surface area contributed by atoms with Crippen molar-refractivity contribution in [1.29, 1.82) is 0 Å². The second-order valence-electron chi connectivity index (χ2n) is 2.70. The summed E-state index contributed by atoms with van der Waals surface area (Å²) in [5.74, 6) is 0.234. The van der Waals surface area contributed by atoms with Gasteiger partial charge in [0.25, 0.3) is 0 Å². The second-order valence-corrected chi connectivity index (χ2v) is 2.70. The normalized spacial score (nSPS) is 14.7. The molecular formula is C8H18N2O2.